The highest BCUT2D eigenvalue weighted by molar-refractivity contribution is 5.86. The maximum absolute atomic E-state index is 14.1. The first kappa shape index (κ1) is 31.9. The first-order valence-corrected chi connectivity index (χ1v) is 15.7. The van der Waals surface area contributed by atoms with E-state index in [0.717, 1.165) is 58.5 Å². The number of carbonyl (C=O) groups is 1. The number of nitrogens with zero attached hydrogens (tertiary/aromatic N) is 1. The van der Waals surface area contributed by atoms with Crippen LogP contribution in [0.15, 0.2) is 48.5 Å². The van der Waals surface area contributed by atoms with E-state index in [-0.39, 0.29) is 36.3 Å². The molecular formula is C37H45FN2O4. The number of hydrogen-bond donors (Lipinski definition) is 1. The predicted octanol–water partition coefficient (Wildman–Crippen LogP) is 8.40. The molecule has 1 aliphatic carbocycles. The molecule has 2 aliphatic rings. The topological polar surface area (TPSA) is 83.7 Å². The third-order valence-electron chi connectivity index (χ3n) is 7.98. The minimum Gasteiger partial charge on any atom is -0.460 e. The van der Waals surface area contributed by atoms with Gasteiger partial charge in [-0.2, -0.15) is 0 Å². The number of hydrogen-bond acceptors (Lipinski definition) is 6. The minimum atomic E-state index is -0.879. The van der Waals surface area contributed by atoms with Gasteiger partial charge in [0.15, 0.2) is 5.79 Å². The second kappa shape index (κ2) is 12.4. The maximum atomic E-state index is 14.1. The number of ether oxygens (including phenoxy) is 3. The standard InChI is InChI=1S/C37H45FN2O4/c1-22(2)34-30(18-17-27-20-28(43-37(6,7)42-27)21-32(41)44-36(3,4)5)33(24-11-14-25(38)15-12-24)29-10-8-9-23-13-16-26(39)19-31(23)35(29)40-34/h11-19,22,27-28H,8-10,20-21,39H2,1-7H3/t27-,28-/m1/s1. The zero-order chi connectivity index (χ0) is 31.8. The van der Waals surface area contributed by atoms with Crippen molar-refractivity contribution in [1.82, 2.24) is 4.98 Å². The maximum Gasteiger partial charge on any atom is 0.308 e. The van der Waals surface area contributed by atoms with E-state index >= 15 is 0 Å². The highest BCUT2D eigenvalue weighted by Gasteiger charge is 2.36. The van der Waals surface area contributed by atoms with Gasteiger partial charge in [-0.05, 0) is 106 Å². The summed E-state index contributed by atoms with van der Waals surface area (Å²) in [6.07, 6.45) is 6.89. The molecule has 3 aromatic rings. The van der Waals surface area contributed by atoms with Gasteiger partial charge in [0, 0.05) is 23.2 Å². The third kappa shape index (κ3) is 7.39. The molecule has 2 atom stereocenters. The third-order valence-corrected chi connectivity index (χ3v) is 7.98. The molecule has 5 rings (SSSR count). The van der Waals surface area contributed by atoms with Crippen molar-refractivity contribution in [1.29, 1.82) is 0 Å². The lowest BCUT2D eigenvalue weighted by Gasteiger charge is -2.40. The average molecular weight is 601 g/mol. The van der Waals surface area contributed by atoms with E-state index in [2.05, 4.69) is 32.1 Å². The Bertz CT molecular complexity index is 1550. The van der Waals surface area contributed by atoms with E-state index in [9.17, 15) is 9.18 Å². The van der Waals surface area contributed by atoms with Crippen LogP contribution in [0.25, 0.3) is 28.5 Å². The van der Waals surface area contributed by atoms with Crippen LogP contribution < -0.4 is 5.73 Å². The molecule has 1 fully saturated rings. The van der Waals surface area contributed by atoms with Crippen LogP contribution in [0.5, 0.6) is 0 Å². The molecule has 0 radical (unpaired) electrons. The number of benzene rings is 2. The van der Waals surface area contributed by atoms with Crippen molar-refractivity contribution in [2.45, 2.75) is 110 Å². The van der Waals surface area contributed by atoms with Crippen LogP contribution >= 0.6 is 0 Å². The highest BCUT2D eigenvalue weighted by atomic mass is 19.1. The lowest BCUT2D eigenvalue weighted by atomic mass is 9.86. The number of carbonyl (C=O) groups excluding carboxylic acids is 1. The molecule has 7 heteroatoms. The van der Waals surface area contributed by atoms with Gasteiger partial charge in [0.05, 0.1) is 30.0 Å². The van der Waals surface area contributed by atoms with Gasteiger partial charge in [-0.3, -0.25) is 9.78 Å². The monoisotopic (exact) mass is 600 g/mol. The summed E-state index contributed by atoms with van der Waals surface area (Å²) in [5, 5.41) is 0. The van der Waals surface area contributed by atoms with Gasteiger partial charge in [-0.25, -0.2) is 4.39 Å². The molecule has 1 saturated heterocycles. The zero-order valence-corrected chi connectivity index (χ0v) is 27.0. The van der Waals surface area contributed by atoms with Gasteiger partial charge in [0.1, 0.15) is 11.4 Å². The predicted molar refractivity (Wildman–Crippen MR) is 174 cm³/mol. The van der Waals surface area contributed by atoms with Crippen molar-refractivity contribution in [3.8, 4) is 22.4 Å². The molecule has 0 amide bonds. The fourth-order valence-corrected chi connectivity index (χ4v) is 6.33. The number of nitrogens with two attached hydrogens (primary N) is 1. The van der Waals surface area contributed by atoms with Crippen LogP contribution in [-0.4, -0.2) is 34.5 Å². The normalized spacial score (nSPS) is 19.8. The highest BCUT2D eigenvalue weighted by Crippen LogP contribution is 2.43. The van der Waals surface area contributed by atoms with E-state index < -0.39 is 11.4 Å². The van der Waals surface area contributed by atoms with Crippen molar-refractivity contribution in [3.63, 3.8) is 0 Å². The number of pyridine rings is 1. The summed E-state index contributed by atoms with van der Waals surface area (Å²) in [6.45, 7) is 13.6. The molecule has 0 unspecified atom stereocenters. The van der Waals surface area contributed by atoms with E-state index in [4.69, 9.17) is 24.9 Å². The van der Waals surface area contributed by atoms with Crippen LogP contribution in [-0.2, 0) is 31.8 Å². The van der Waals surface area contributed by atoms with Crippen molar-refractivity contribution < 1.29 is 23.4 Å². The van der Waals surface area contributed by atoms with Gasteiger partial charge in [-0.1, -0.05) is 44.2 Å². The van der Waals surface area contributed by atoms with Gasteiger partial charge in [0.25, 0.3) is 0 Å². The summed E-state index contributed by atoms with van der Waals surface area (Å²) in [7, 11) is 0. The van der Waals surface area contributed by atoms with Crippen LogP contribution in [0.4, 0.5) is 10.1 Å². The number of aryl methyl sites for hydroxylation is 1. The summed E-state index contributed by atoms with van der Waals surface area (Å²) < 4.78 is 32.1. The van der Waals surface area contributed by atoms with E-state index in [0.29, 0.717) is 12.1 Å². The summed E-state index contributed by atoms with van der Waals surface area (Å²) in [5.74, 6) is -1.34. The molecule has 0 bridgehead atoms. The molecule has 234 valence electrons. The van der Waals surface area contributed by atoms with E-state index in [1.807, 2.05) is 58.9 Å². The zero-order valence-electron chi connectivity index (χ0n) is 27.0. The van der Waals surface area contributed by atoms with Crippen LogP contribution in [0.1, 0.15) is 96.0 Å². The molecule has 2 aromatic carbocycles. The summed E-state index contributed by atoms with van der Waals surface area (Å²) in [5.41, 5.74) is 14.8. The Hall–Kier alpha value is -3.55. The number of fused-ring (bicyclic) bond motifs is 3. The van der Waals surface area contributed by atoms with Crippen LogP contribution in [0.3, 0.4) is 0 Å². The van der Waals surface area contributed by atoms with Crippen molar-refractivity contribution in [2.24, 2.45) is 0 Å². The van der Waals surface area contributed by atoms with Crippen molar-refractivity contribution >= 4 is 17.7 Å². The number of anilines is 1. The number of aromatic nitrogens is 1. The van der Waals surface area contributed by atoms with Crippen LogP contribution in [0, 0.1) is 5.82 Å². The molecule has 2 heterocycles. The minimum absolute atomic E-state index is 0.110. The Morgan fingerprint density at radius 3 is 2.55 bits per heavy atom. The SMILES string of the molecule is CC(C)c1nc2c(c(-c3ccc(F)cc3)c1C=C[C@@H]1C[C@H](CC(=O)OC(C)(C)C)OC(C)(C)O1)CCCc1ccc(N)cc1-2. The largest absolute Gasteiger partial charge is 0.460 e. The second-order valence-electron chi connectivity index (χ2n) is 13.7. The Labute approximate surface area is 260 Å². The average Bonchev–Trinajstić information content (AvgIpc) is 3.08. The number of halogens is 1. The lowest BCUT2D eigenvalue weighted by Crippen LogP contribution is -2.45. The fourth-order valence-electron chi connectivity index (χ4n) is 6.33. The van der Waals surface area contributed by atoms with Gasteiger partial charge in [0.2, 0.25) is 0 Å². The van der Waals surface area contributed by atoms with E-state index in [1.165, 1.54) is 17.7 Å². The van der Waals surface area contributed by atoms with E-state index in [1.54, 1.807) is 0 Å². The second-order valence-corrected chi connectivity index (χ2v) is 13.7. The number of nitrogen functional groups attached to an aromatic ring is 1. The molecule has 6 nitrogen and oxygen atoms in total. The molecule has 1 aromatic heterocycles. The molecule has 0 saturated carbocycles. The first-order chi connectivity index (χ1) is 20.7. The Morgan fingerprint density at radius 2 is 1.86 bits per heavy atom. The molecule has 44 heavy (non-hydrogen) atoms. The first-order valence-electron chi connectivity index (χ1n) is 15.7. The molecule has 0 spiro atoms. The molecule has 2 N–H and O–H groups in total. The van der Waals surface area contributed by atoms with Crippen LogP contribution in [0.2, 0.25) is 0 Å². The van der Waals surface area contributed by atoms with Gasteiger partial charge >= 0.3 is 5.97 Å². The smallest absolute Gasteiger partial charge is 0.308 e. The Kier molecular flexibility index (Phi) is 9.01. The summed E-state index contributed by atoms with van der Waals surface area (Å²) in [4.78, 5) is 18.0. The quantitative estimate of drug-likeness (QED) is 0.226. The number of esters is 1. The fraction of sp³-hybridized carbons (Fsp3) is 0.459. The summed E-state index contributed by atoms with van der Waals surface area (Å²) in [6, 6.07) is 12.8. The molecule has 1 aliphatic heterocycles. The summed E-state index contributed by atoms with van der Waals surface area (Å²) >= 11 is 0. The van der Waals surface area contributed by atoms with Gasteiger partial charge in [-0.15, -0.1) is 0 Å². The molecular weight excluding hydrogens is 555 g/mol. The van der Waals surface area contributed by atoms with Crippen molar-refractivity contribution in [3.05, 3.63) is 76.7 Å². The Balaban J connectivity index is 1.60. The van der Waals surface area contributed by atoms with Crippen molar-refractivity contribution in [2.75, 3.05) is 5.73 Å². The lowest BCUT2D eigenvalue weighted by molar-refractivity contribution is -0.290. The number of rotatable bonds is 6. The Morgan fingerprint density at radius 1 is 1.14 bits per heavy atom. The van der Waals surface area contributed by atoms with Gasteiger partial charge < -0.3 is 19.9 Å².